The Morgan fingerprint density at radius 1 is 0.523 bits per heavy atom. The Morgan fingerprint density at radius 2 is 1.14 bits per heavy atom. The molecule has 4 nitrogen and oxygen atoms in total. The molecule has 0 saturated heterocycles. The summed E-state index contributed by atoms with van der Waals surface area (Å²) in [4.78, 5) is 14.4. The predicted octanol–water partition coefficient (Wildman–Crippen LogP) is 10.3. The second-order valence-corrected chi connectivity index (χ2v) is 11.5. The van der Waals surface area contributed by atoms with E-state index in [0.29, 0.717) is 11.6 Å². The predicted molar refractivity (Wildman–Crippen MR) is 183 cm³/mol. The molecule has 0 spiro atoms. The largest absolute Gasteiger partial charge is 0.309 e. The standard InChI is InChI=1S/C39H24N4S/c1-3-13-25(14-4-1)37-40-38(26-15-5-2-6-16-26)42-39(41-37)30-20-11-19-29-35-33(23-12-24-34(35)44-36(29)30)43-31-21-9-7-17-27(31)28-18-8-10-22-32(28)43/h1-24H/i1D,3D,4D,13D,14D. The van der Waals surface area contributed by atoms with Gasteiger partial charge < -0.3 is 4.57 Å². The van der Waals surface area contributed by atoms with Gasteiger partial charge in [0.05, 0.1) is 23.6 Å². The van der Waals surface area contributed by atoms with Crippen LogP contribution in [0.3, 0.4) is 0 Å². The van der Waals surface area contributed by atoms with Crippen molar-refractivity contribution in [2.45, 2.75) is 0 Å². The average Bonchev–Trinajstić information content (AvgIpc) is 3.70. The molecule has 0 aliphatic heterocycles. The molecule has 0 radical (unpaired) electrons. The molecule has 6 aromatic carbocycles. The van der Waals surface area contributed by atoms with Gasteiger partial charge in [-0.1, -0.05) is 115 Å². The number of hydrogen-bond acceptors (Lipinski definition) is 4. The molecule has 3 heterocycles. The monoisotopic (exact) mass is 585 g/mol. The molecule has 0 aliphatic carbocycles. The minimum absolute atomic E-state index is 0.0185. The van der Waals surface area contributed by atoms with Crippen LogP contribution in [0.4, 0.5) is 0 Å². The van der Waals surface area contributed by atoms with Crippen molar-refractivity contribution in [3.05, 3.63) is 145 Å². The van der Waals surface area contributed by atoms with E-state index in [1.807, 2.05) is 42.5 Å². The summed E-state index contributed by atoms with van der Waals surface area (Å²) < 4.78 is 46.4. The van der Waals surface area contributed by atoms with Crippen molar-refractivity contribution in [3.63, 3.8) is 0 Å². The number of fused-ring (bicyclic) bond motifs is 6. The first-order valence-electron chi connectivity index (χ1n) is 16.7. The van der Waals surface area contributed by atoms with Gasteiger partial charge in [-0.05, 0) is 30.3 Å². The summed E-state index contributed by atoms with van der Waals surface area (Å²) in [5.41, 5.74) is 4.74. The van der Waals surface area contributed by atoms with Crippen molar-refractivity contribution in [1.82, 2.24) is 19.5 Å². The number of rotatable bonds is 4. The van der Waals surface area contributed by atoms with Gasteiger partial charge in [0.1, 0.15) is 0 Å². The zero-order valence-corrected chi connectivity index (χ0v) is 24.0. The number of nitrogens with zero attached hydrogens (tertiary/aromatic N) is 4. The van der Waals surface area contributed by atoms with E-state index in [-0.39, 0.29) is 23.5 Å². The van der Waals surface area contributed by atoms with Crippen molar-refractivity contribution in [2.24, 2.45) is 0 Å². The van der Waals surface area contributed by atoms with E-state index in [2.05, 4.69) is 82.3 Å². The van der Waals surface area contributed by atoms with Crippen LogP contribution in [0.15, 0.2) is 145 Å². The summed E-state index contributed by atoms with van der Waals surface area (Å²) in [6, 6.07) is 36.7. The molecule has 0 fully saturated rings. The Labute approximate surface area is 264 Å². The summed E-state index contributed by atoms with van der Waals surface area (Å²) in [7, 11) is 0. The number of hydrogen-bond donors (Lipinski definition) is 0. The van der Waals surface area contributed by atoms with E-state index < -0.39 is 18.1 Å². The Hall–Kier alpha value is -5.65. The van der Waals surface area contributed by atoms with Crippen molar-refractivity contribution in [1.29, 1.82) is 0 Å². The molecule has 44 heavy (non-hydrogen) atoms. The zero-order chi connectivity index (χ0) is 33.4. The van der Waals surface area contributed by atoms with Gasteiger partial charge in [0.15, 0.2) is 17.5 Å². The lowest BCUT2D eigenvalue weighted by atomic mass is 10.1. The summed E-state index contributed by atoms with van der Waals surface area (Å²) in [6.45, 7) is 0. The Kier molecular flexibility index (Phi) is 4.60. The van der Waals surface area contributed by atoms with Gasteiger partial charge in [-0.15, -0.1) is 11.3 Å². The van der Waals surface area contributed by atoms with E-state index in [4.69, 9.17) is 16.8 Å². The molecule has 0 saturated carbocycles. The minimum atomic E-state index is -0.467. The number of aromatic nitrogens is 4. The van der Waals surface area contributed by atoms with Crippen LogP contribution in [0.1, 0.15) is 6.85 Å². The van der Waals surface area contributed by atoms with Gasteiger partial charge in [0.2, 0.25) is 0 Å². The fourth-order valence-corrected chi connectivity index (χ4v) is 7.29. The molecule has 0 bridgehead atoms. The van der Waals surface area contributed by atoms with E-state index in [1.165, 1.54) is 10.8 Å². The minimum Gasteiger partial charge on any atom is -0.309 e. The van der Waals surface area contributed by atoms with Gasteiger partial charge >= 0.3 is 0 Å². The molecule has 206 valence electrons. The second-order valence-electron chi connectivity index (χ2n) is 10.5. The van der Waals surface area contributed by atoms with Crippen LogP contribution < -0.4 is 0 Å². The van der Waals surface area contributed by atoms with E-state index >= 15 is 0 Å². The molecule has 9 aromatic rings. The Morgan fingerprint density at radius 3 is 1.89 bits per heavy atom. The van der Waals surface area contributed by atoms with Crippen LogP contribution in [0.25, 0.3) is 81.8 Å². The molecule has 0 aliphatic rings. The Balaban J connectivity index is 1.33. The average molecular weight is 586 g/mol. The topological polar surface area (TPSA) is 43.6 Å². The molecule has 0 unspecified atom stereocenters. The van der Waals surface area contributed by atoms with Crippen molar-refractivity contribution in [3.8, 4) is 39.9 Å². The van der Waals surface area contributed by atoms with Crippen molar-refractivity contribution in [2.75, 3.05) is 0 Å². The highest BCUT2D eigenvalue weighted by Crippen LogP contribution is 2.43. The fourth-order valence-electron chi connectivity index (χ4n) is 6.06. The molecular formula is C39H24N4S. The van der Waals surface area contributed by atoms with Crippen LogP contribution in [0.5, 0.6) is 0 Å². The zero-order valence-electron chi connectivity index (χ0n) is 28.2. The molecule has 0 atom stereocenters. The summed E-state index contributed by atoms with van der Waals surface area (Å²) in [5, 5.41) is 4.53. The van der Waals surface area contributed by atoms with Gasteiger partial charge in [-0.3, -0.25) is 0 Å². The lowest BCUT2D eigenvalue weighted by molar-refractivity contribution is 1.08. The molecular weight excluding hydrogens is 557 g/mol. The highest BCUT2D eigenvalue weighted by molar-refractivity contribution is 7.26. The maximum atomic E-state index is 8.66. The van der Waals surface area contributed by atoms with E-state index in [9.17, 15) is 0 Å². The second kappa shape index (κ2) is 9.97. The number of para-hydroxylation sites is 2. The van der Waals surface area contributed by atoms with Crippen molar-refractivity contribution >= 4 is 53.3 Å². The first kappa shape index (κ1) is 20.3. The molecule has 5 heteroatoms. The number of thiophene rings is 1. The summed E-state index contributed by atoms with van der Waals surface area (Å²) >= 11 is 1.65. The summed E-state index contributed by atoms with van der Waals surface area (Å²) in [6.07, 6.45) is 0. The quantitative estimate of drug-likeness (QED) is 0.206. The molecule has 0 amide bonds. The maximum Gasteiger partial charge on any atom is 0.165 e. The molecule has 3 aromatic heterocycles. The van der Waals surface area contributed by atoms with Crippen LogP contribution >= 0.6 is 11.3 Å². The number of benzene rings is 6. The lowest BCUT2D eigenvalue weighted by Gasteiger charge is -2.11. The van der Waals surface area contributed by atoms with Gasteiger partial charge in [-0.2, -0.15) is 0 Å². The first-order chi connectivity index (χ1) is 23.9. The van der Waals surface area contributed by atoms with Crippen LogP contribution in [-0.2, 0) is 0 Å². The SMILES string of the molecule is [2H]c1c([2H])c([2H])c(-c2nc(-c3ccccc3)nc(-c3cccc4c3sc3cccc(-n5c6ccccc6c6ccccc65)c34)n2)c([2H])c1[2H]. The first-order valence-corrected chi connectivity index (χ1v) is 15.0. The normalized spacial score (nSPS) is 13.2. The van der Waals surface area contributed by atoms with Gasteiger partial charge in [0, 0.05) is 47.6 Å². The van der Waals surface area contributed by atoms with Crippen LogP contribution in [0.2, 0.25) is 0 Å². The van der Waals surface area contributed by atoms with Crippen LogP contribution in [-0.4, -0.2) is 19.5 Å². The highest BCUT2D eigenvalue weighted by Gasteiger charge is 2.20. The summed E-state index contributed by atoms with van der Waals surface area (Å²) in [5.74, 6) is 0.715. The Bertz CT molecular complexity index is 2710. The third-order valence-electron chi connectivity index (χ3n) is 7.95. The van der Waals surface area contributed by atoms with Gasteiger partial charge in [0.25, 0.3) is 0 Å². The molecule has 9 rings (SSSR count). The lowest BCUT2D eigenvalue weighted by Crippen LogP contribution is -2.00. The third kappa shape index (κ3) is 3.87. The molecule has 0 N–H and O–H groups in total. The van der Waals surface area contributed by atoms with Gasteiger partial charge in [-0.25, -0.2) is 15.0 Å². The van der Waals surface area contributed by atoms with Crippen LogP contribution in [0, 0.1) is 0 Å². The van der Waals surface area contributed by atoms with E-state index in [0.717, 1.165) is 48.0 Å². The third-order valence-corrected chi connectivity index (χ3v) is 9.16. The smallest absolute Gasteiger partial charge is 0.165 e. The van der Waals surface area contributed by atoms with E-state index in [1.54, 1.807) is 11.3 Å². The maximum absolute atomic E-state index is 8.66. The van der Waals surface area contributed by atoms with Crippen molar-refractivity contribution < 1.29 is 6.85 Å². The highest BCUT2D eigenvalue weighted by atomic mass is 32.1. The fraction of sp³-hybridized carbons (Fsp3) is 0.